The normalized spacial score (nSPS) is 10.3. The van der Waals surface area contributed by atoms with E-state index in [1.165, 1.54) is 11.8 Å². The Morgan fingerprint density at radius 3 is 2.89 bits per heavy atom. The van der Waals surface area contributed by atoms with Gasteiger partial charge in [0.25, 0.3) is 0 Å². The summed E-state index contributed by atoms with van der Waals surface area (Å²) in [6, 6.07) is 9.44. The molecule has 0 fully saturated rings. The molecule has 0 aliphatic heterocycles. The number of halogens is 1. The number of furan rings is 1. The summed E-state index contributed by atoms with van der Waals surface area (Å²) in [5, 5.41) is 3.21. The fraction of sp³-hybridized carbons (Fsp3) is 0.214. The highest BCUT2D eigenvalue weighted by molar-refractivity contribution is 9.10. The first-order chi connectivity index (χ1) is 8.66. The van der Waals surface area contributed by atoms with Crippen LogP contribution in [0.15, 0.2) is 45.5 Å². The SMILES string of the molecule is Cc1ccc(NCCC(=O)c2ccco2)cc1Br. The summed E-state index contributed by atoms with van der Waals surface area (Å²) < 4.78 is 6.11. The number of rotatable bonds is 5. The van der Waals surface area contributed by atoms with Crippen molar-refractivity contribution >= 4 is 27.4 Å². The van der Waals surface area contributed by atoms with E-state index in [1.807, 2.05) is 25.1 Å². The Kier molecular flexibility index (Phi) is 4.20. The molecule has 1 aromatic carbocycles. The lowest BCUT2D eigenvalue weighted by Gasteiger charge is -2.07. The second kappa shape index (κ2) is 5.87. The highest BCUT2D eigenvalue weighted by Gasteiger charge is 2.07. The fourth-order valence-electron chi connectivity index (χ4n) is 1.58. The summed E-state index contributed by atoms with van der Waals surface area (Å²) in [6.07, 6.45) is 1.93. The number of nitrogens with one attached hydrogen (secondary N) is 1. The zero-order valence-electron chi connectivity index (χ0n) is 10.1. The van der Waals surface area contributed by atoms with Crippen LogP contribution in [0, 0.1) is 6.92 Å². The van der Waals surface area contributed by atoms with Crippen LogP contribution in [-0.2, 0) is 0 Å². The molecule has 18 heavy (non-hydrogen) atoms. The molecule has 0 unspecified atom stereocenters. The van der Waals surface area contributed by atoms with Gasteiger partial charge in [-0.05, 0) is 36.8 Å². The smallest absolute Gasteiger partial charge is 0.199 e. The summed E-state index contributed by atoms with van der Waals surface area (Å²) in [5.41, 5.74) is 2.19. The highest BCUT2D eigenvalue weighted by atomic mass is 79.9. The molecular weight excluding hydrogens is 294 g/mol. The molecule has 4 heteroatoms. The lowest BCUT2D eigenvalue weighted by Crippen LogP contribution is -2.08. The quantitative estimate of drug-likeness (QED) is 0.848. The number of hydrogen-bond donors (Lipinski definition) is 1. The molecule has 1 N–H and O–H groups in total. The van der Waals surface area contributed by atoms with Crippen LogP contribution in [0.25, 0.3) is 0 Å². The molecule has 0 saturated heterocycles. The van der Waals surface area contributed by atoms with Gasteiger partial charge in [-0.1, -0.05) is 22.0 Å². The molecule has 94 valence electrons. The van der Waals surface area contributed by atoms with Crippen LogP contribution in [0.4, 0.5) is 5.69 Å². The van der Waals surface area contributed by atoms with Crippen LogP contribution in [-0.4, -0.2) is 12.3 Å². The number of anilines is 1. The zero-order chi connectivity index (χ0) is 13.0. The minimum Gasteiger partial charge on any atom is -0.461 e. The van der Waals surface area contributed by atoms with Gasteiger partial charge in [0, 0.05) is 23.1 Å². The van der Waals surface area contributed by atoms with Gasteiger partial charge in [0.2, 0.25) is 0 Å². The van der Waals surface area contributed by atoms with Crippen LogP contribution in [0.2, 0.25) is 0 Å². The van der Waals surface area contributed by atoms with Gasteiger partial charge in [0.15, 0.2) is 11.5 Å². The Morgan fingerprint density at radius 1 is 1.39 bits per heavy atom. The van der Waals surface area contributed by atoms with Crippen molar-refractivity contribution in [3.63, 3.8) is 0 Å². The van der Waals surface area contributed by atoms with E-state index < -0.39 is 0 Å². The van der Waals surface area contributed by atoms with Gasteiger partial charge in [-0.15, -0.1) is 0 Å². The van der Waals surface area contributed by atoms with Crippen molar-refractivity contribution in [1.29, 1.82) is 0 Å². The van der Waals surface area contributed by atoms with Crippen molar-refractivity contribution in [2.24, 2.45) is 0 Å². The molecular formula is C14H14BrNO2. The largest absolute Gasteiger partial charge is 0.461 e. The molecule has 0 radical (unpaired) electrons. The van der Waals surface area contributed by atoms with E-state index in [9.17, 15) is 4.79 Å². The number of hydrogen-bond acceptors (Lipinski definition) is 3. The predicted octanol–water partition coefficient (Wildman–Crippen LogP) is 4.04. The molecule has 0 saturated carbocycles. The molecule has 2 rings (SSSR count). The molecule has 0 atom stereocenters. The minimum atomic E-state index is 0.0127. The summed E-state index contributed by atoms with van der Waals surface area (Å²) in [5.74, 6) is 0.431. The molecule has 0 amide bonds. The van der Waals surface area contributed by atoms with Crippen LogP contribution in [0.3, 0.4) is 0 Å². The number of carbonyl (C=O) groups excluding carboxylic acids is 1. The molecule has 0 spiro atoms. The first kappa shape index (κ1) is 12.9. The van der Waals surface area contributed by atoms with Crippen LogP contribution >= 0.6 is 15.9 Å². The van der Waals surface area contributed by atoms with E-state index in [-0.39, 0.29) is 5.78 Å². The van der Waals surface area contributed by atoms with Gasteiger partial charge in [-0.2, -0.15) is 0 Å². The Morgan fingerprint density at radius 2 is 2.22 bits per heavy atom. The summed E-state index contributed by atoms with van der Waals surface area (Å²) in [4.78, 5) is 11.7. The molecule has 0 bridgehead atoms. The first-order valence-electron chi connectivity index (χ1n) is 5.73. The number of carbonyl (C=O) groups is 1. The second-order valence-electron chi connectivity index (χ2n) is 4.04. The zero-order valence-corrected chi connectivity index (χ0v) is 11.7. The van der Waals surface area contributed by atoms with Gasteiger partial charge in [-0.25, -0.2) is 0 Å². The Hall–Kier alpha value is -1.55. The molecule has 0 aliphatic rings. The van der Waals surface area contributed by atoms with Gasteiger partial charge in [0.1, 0.15) is 0 Å². The summed E-state index contributed by atoms with van der Waals surface area (Å²) in [6.45, 7) is 2.63. The van der Waals surface area contributed by atoms with Crippen LogP contribution in [0.1, 0.15) is 22.5 Å². The maximum atomic E-state index is 11.7. The van der Waals surface area contributed by atoms with Crippen molar-refractivity contribution < 1.29 is 9.21 Å². The Bertz CT molecular complexity index is 535. The standard InChI is InChI=1S/C14H14BrNO2/c1-10-4-5-11(9-12(10)15)16-7-6-13(17)14-3-2-8-18-14/h2-5,8-9,16H,6-7H2,1H3. The van der Waals surface area contributed by atoms with Crippen LogP contribution in [0.5, 0.6) is 0 Å². The number of aryl methyl sites for hydroxylation is 1. The highest BCUT2D eigenvalue weighted by Crippen LogP contribution is 2.20. The van der Waals surface area contributed by atoms with E-state index in [4.69, 9.17) is 4.42 Å². The van der Waals surface area contributed by atoms with Crippen molar-refractivity contribution in [3.05, 3.63) is 52.4 Å². The van der Waals surface area contributed by atoms with Crippen molar-refractivity contribution in [3.8, 4) is 0 Å². The third-order valence-corrected chi connectivity index (χ3v) is 3.50. The van der Waals surface area contributed by atoms with E-state index in [0.717, 1.165) is 10.2 Å². The van der Waals surface area contributed by atoms with Gasteiger partial charge >= 0.3 is 0 Å². The van der Waals surface area contributed by atoms with Crippen molar-refractivity contribution in [1.82, 2.24) is 0 Å². The molecule has 0 aliphatic carbocycles. The van der Waals surface area contributed by atoms with E-state index in [0.29, 0.717) is 18.7 Å². The lowest BCUT2D eigenvalue weighted by atomic mass is 10.2. The van der Waals surface area contributed by atoms with Crippen molar-refractivity contribution in [2.75, 3.05) is 11.9 Å². The monoisotopic (exact) mass is 307 g/mol. The summed E-state index contributed by atoms with van der Waals surface area (Å²) in [7, 11) is 0. The number of benzene rings is 1. The third kappa shape index (κ3) is 3.23. The Labute approximate surface area is 114 Å². The maximum Gasteiger partial charge on any atom is 0.199 e. The van der Waals surface area contributed by atoms with Crippen LogP contribution < -0.4 is 5.32 Å². The van der Waals surface area contributed by atoms with E-state index >= 15 is 0 Å². The summed E-state index contributed by atoms with van der Waals surface area (Å²) >= 11 is 3.48. The fourth-order valence-corrected chi connectivity index (χ4v) is 1.96. The minimum absolute atomic E-state index is 0.0127. The topological polar surface area (TPSA) is 42.2 Å². The number of ketones is 1. The molecule has 1 heterocycles. The van der Waals surface area contributed by atoms with E-state index in [1.54, 1.807) is 12.1 Å². The van der Waals surface area contributed by atoms with E-state index in [2.05, 4.69) is 21.2 Å². The lowest BCUT2D eigenvalue weighted by molar-refractivity contribution is 0.0960. The number of Topliss-reactive ketones (excluding diaryl/α,β-unsaturated/α-hetero) is 1. The molecule has 1 aromatic heterocycles. The maximum absolute atomic E-state index is 11.7. The van der Waals surface area contributed by atoms with Gasteiger partial charge < -0.3 is 9.73 Å². The average Bonchev–Trinajstić information content (AvgIpc) is 2.87. The molecule has 3 nitrogen and oxygen atoms in total. The molecule has 2 aromatic rings. The third-order valence-electron chi connectivity index (χ3n) is 2.65. The van der Waals surface area contributed by atoms with Crippen molar-refractivity contribution in [2.45, 2.75) is 13.3 Å². The Balaban J connectivity index is 1.85. The first-order valence-corrected chi connectivity index (χ1v) is 6.53. The van der Waals surface area contributed by atoms with Gasteiger partial charge in [-0.3, -0.25) is 4.79 Å². The average molecular weight is 308 g/mol. The predicted molar refractivity (Wildman–Crippen MR) is 75.0 cm³/mol. The second-order valence-corrected chi connectivity index (χ2v) is 4.90. The van der Waals surface area contributed by atoms with Gasteiger partial charge in [0.05, 0.1) is 6.26 Å².